The predicted octanol–water partition coefficient (Wildman–Crippen LogP) is 2.09. The van der Waals surface area contributed by atoms with Crippen LogP contribution in [0.4, 0.5) is 10.1 Å². The van der Waals surface area contributed by atoms with Crippen LogP contribution in [-0.4, -0.2) is 23.3 Å². The number of amides is 1. The van der Waals surface area contributed by atoms with Gasteiger partial charge in [-0.15, -0.1) is 11.6 Å². The lowest BCUT2D eigenvalue weighted by Gasteiger charge is -2.04. The van der Waals surface area contributed by atoms with Gasteiger partial charge in [0.1, 0.15) is 5.82 Å². The molecule has 0 spiro atoms. The Hall–Kier alpha value is -1.69. The average Bonchev–Trinajstić information content (AvgIpc) is 2.28. The first kappa shape index (κ1) is 13.4. The van der Waals surface area contributed by atoms with E-state index >= 15 is 0 Å². The van der Waals surface area contributed by atoms with Crippen molar-refractivity contribution < 1.29 is 14.1 Å². The number of rotatable bonds is 5. The standard InChI is InChI=1S/C10H10ClFN2O3/c11-4-1-5-13-10(15)8-3-2-7(14(16)17)6-9(8)12/h2-3,6H,1,4-5H2,(H,13,15). The molecule has 1 amide bonds. The highest BCUT2D eigenvalue weighted by Crippen LogP contribution is 2.16. The van der Waals surface area contributed by atoms with Crippen LogP contribution in [0.5, 0.6) is 0 Å². The summed E-state index contributed by atoms with van der Waals surface area (Å²) in [7, 11) is 0. The molecule has 1 aromatic carbocycles. The summed E-state index contributed by atoms with van der Waals surface area (Å²) in [6.45, 7) is 0.332. The van der Waals surface area contributed by atoms with E-state index in [2.05, 4.69) is 5.32 Å². The molecule has 0 aliphatic carbocycles. The number of nitrogens with zero attached hydrogens (tertiary/aromatic N) is 1. The fourth-order valence-electron chi connectivity index (χ4n) is 1.17. The molecule has 0 aliphatic heterocycles. The van der Waals surface area contributed by atoms with Crippen molar-refractivity contribution in [1.82, 2.24) is 5.32 Å². The summed E-state index contributed by atoms with van der Waals surface area (Å²) in [5.41, 5.74) is -0.606. The molecule has 0 saturated carbocycles. The maximum absolute atomic E-state index is 13.4. The molecule has 0 radical (unpaired) electrons. The number of carbonyl (C=O) groups excluding carboxylic acids is 1. The summed E-state index contributed by atoms with van der Waals surface area (Å²) in [5, 5.41) is 12.8. The second kappa shape index (κ2) is 6.15. The summed E-state index contributed by atoms with van der Waals surface area (Å²) in [4.78, 5) is 21.1. The topological polar surface area (TPSA) is 72.2 Å². The zero-order chi connectivity index (χ0) is 12.8. The zero-order valence-electron chi connectivity index (χ0n) is 8.78. The van der Waals surface area contributed by atoms with Crippen molar-refractivity contribution >= 4 is 23.2 Å². The van der Waals surface area contributed by atoms with E-state index in [-0.39, 0.29) is 11.3 Å². The molecule has 0 fully saturated rings. The Morgan fingerprint density at radius 1 is 1.53 bits per heavy atom. The van der Waals surface area contributed by atoms with Crippen LogP contribution >= 0.6 is 11.6 Å². The number of halogens is 2. The Labute approximate surface area is 102 Å². The fourth-order valence-corrected chi connectivity index (χ4v) is 1.30. The summed E-state index contributed by atoms with van der Waals surface area (Å²) in [6, 6.07) is 2.89. The van der Waals surface area contributed by atoms with Gasteiger partial charge in [-0.3, -0.25) is 14.9 Å². The first-order valence-corrected chi connectivity index (χ1v) is 5.38. The lowest BCUT2D eigenvalue weighted by molar-refractivity contribution is -0.385. The molecule has 5 nitrogen and oxygen atoms in total. The number of nitro benzene ring substituents is 1. The average molecular weight is 261 g/mol. The monoisotopic (exact) mass is 260 g/mol. The quantitative estimate of drug-likeness (QED) is 0.381. The highest BCUT2D eigenvalue weighted by molar-refractivity contribution is 6.17. The molecule has 0 atom stereocenters. The van der Waals surface area contributed by atoms with Crippen molar-refractivity contribution in [3.05, 3.63) is 39.7 Å². The summed E-state index contributed by atoms with van der Waals surface area (Å²) < 4.78 is 13.4. The fraction of sp³-hybridized carbons (Fsp3) is 0.300. The van der Waals surface area contributed by atoms with Crippen LogP contribution < -0.4 is 5.32 Å². The Morgan fingerprint density at radius 2 is 2.24 bits per heavy atom. The Kier molecular flexibility index (Phi) is 4.84. The van der Waals surface area contributed by atoms with Crippen LogP contribution in [0.15, 0.2) is 18.2 Å². The Balaban J connectivity index is 2.78. The van der Waals surface area contributed by atoms with E-state index < -0.39 is 16.6 Å². The molecule has 0 bridgehead atoms. The smallest absolute Gasteiger partial charge is 0.272 e. The van der Waals surface area contributed by atoms with Gasteiger partial charge in [0.15, 0.2) is 0 Å². The molecule has 0 saturated heterocycles. The van der Waals surface area contributed by atoms with Crippen LogP contribution in [0.1, 0.15) is 16.8 Å². The van der Waals surface area contributed by atoms with Gasteiger partial charge in [0.2, 0.25) is 0 Å². The van der Waals surface area contributed by atoms with E-state index in [4.69, 9.17) is 11.6 Å². The molecule has 0 unspecified atom stereocenters. The number of carbonyl (C=O) groups is 1. The number of alkyl halides is 1. The lowest BCUT2D eigenvalue weighted by atomic mass is 10.2. The minimum atomic E-state index is -0.914. The molecule has 7 heteroatoms. The minimum Gasteiger partial charge on any atom is -0.352 e. The van der Waals surface area contributed by atoms with Crippen molar-refractivity contribution in [3.63, 3.8) is 0 Å². The molecular weight excluding hydrogens is 251 g/mol. The van der Waals surface area contributed by atoms with E-state index in [1.165, 1.54) is 0 Å². The molecule has 0 heterocycles. The number of hydrogen-bond donors (Lipinski definition) is 1. The normalized spacial score (nSPS) is 10.0. The molecule has 0 aromatic heterocycles. The SMILES string of the molecule is O=C(NCCCCl)c1ccc([N+](=O)[O-])cc1F. The van der Waals surface area contributed by atoms with Crippen molar-refractivity contribution in [3.8, 4) is 0 Å². The van der Waals surface area contributed by atoms with Gasteiger partial charge in [-0.1, -0.05) is 0 Å². The summed E-state index contributed by atoms with van der Waals surface area (Å²) in [6.07, 6.45) is 0.571. The maximum Gasteiger partial charge on any atom is 0.272 e. The minimum absolute atomic E-state index is 0.217. The van der Waals surface area contributed by atoms with E-state index in [0.717, 1.165) is 18.2 Å². The number of nitrogens with one attached hydrogen (secondary N) is 1. The van der Waals surface area contributed by atoms with Gasteiger partial charge >= 0.3 is 0 Å². The first-order valence-electron chi connectivity index (χ1n) is 4.84. The largest absolute Gasteiger partial charge is 0.352 e. The van der Waals surface area contributed by atoms with Crippen molar-refractivity contribution in [1.29, 1.82) is 0 Å². The van der Waals surface area contributed by atoms with Gasteiger partial charge in [0.25, 0.3) is 11.6 Å². The van der Waals surface area contributed by atoms with Gasteiger partial charge in [0, 0.05) is 18.5 Å². The van der Waals surface area contributed by atoms with Crippen LogP contribution in [0.25, 0.3) is 0 Å². The third-order valence-electron chi connectivity index (χ3n) is 2.00. The second-order valence-corrected chi connectivity index (χ2v) is 3.60. The van der Waals surface area contributed by atoms with Gasteiger partial charge in [0.05, 0.1) is 16.6 Å². The van der Waals surface area contributed by atoms with E-state index in [1.807, 2.05) is 0 Å². The number of non-ortho nitro benzene ring substituents is 1. The Morgan fingerprint density at radius 3 is 2.76 bits per heavy atom. The highest BCUT2D eigenvalue weighted by Gasteiger charge is 2.15. The van der Waals surface area contributed by atoms with E-state index in [9.17, 15) is 19.3 Å². The molecular formula is C10H10ClFN2O3. The van der Waals surface area contributed by atoms with Gasteiger partial charge < -0.3 is 5.32 Å². The molecule has 92 valence electrons. The van der Waals surface area contributed by atoms with Crippen molar-refractivity contribution in [2.24, 2.45) is 0 Å². The predicted molar refractivity (Wildman–Crippen MR) is 60.7 cm³/mol. The third kappa shape index (κ3) is 3.67. The molecule has 17 heavy (non-hydrogen) atoms. The highest BCUT2D eigenvalue weighted by atomic mass is 35.5. The van der Waals surface area contributed by atoms with Gasteiger partial charge in [-0.2, -0.15) is 0 Å². The number of hydrogen-bond acceptors (Lipinski definition) is 3. The van der Waals surface area contributed by atoms with Crippen LogP contribution in [0, 0.1) is 15.9 Å². The third-order valence-corrected chi connectivity index (χ3v) is 2.27. The lowest BCUT2D eigenvalue weighted by Crippen LogP contribution is -2.25. The van der Waals surface area contributed by atoms with Gasteiger partial charge in [-0.25, -0.2) is 4.39 Å². The molecule has 1 rings (SSSR count). The van der Waals surface area contributed by atoms with E-state index in [1.54, 1.807) is 0 Å². The number of benzene rings is 1. The van der Waals surface area contributed by atoms with Crippen molar-refractivity contribution in [2.45, 2.75) is 6.42 Å². The van der Waals surface area contributed by atoms with Crippen LogP contribution in [0.2, 0.25) is 0 Å². The maximum atomic E-state index is 13.4. The summed E-state index contributed by atoms with van der Waals surface area (Å²) >= 11 is 5.42. The van der Waals surface area contributed by atoms with Crippen molar-refractivity contribution in [2.75, 3.05) is 12.4 Å². The molecule has 1 N–H and O–H groups in total. The second-order valence-electron chi connectivity index (χ2n) is 3.22. The van der Waals surface area contributed by atoms with E-state index in [0.29, 0.717) is 18.8 Å². The Bertz CT molecular complexity index is 440. The number of nitro groups is 1. The zero-order valence-corrected chi connectivity index (χ0v) is 9.54. The first-order chi connectivity index (χ1) is 8.06. The van der Waals surface area contributed by atoms with Crippen LogP contribution in [0.3, 0.4) is 0 Å². The molecule has 1 aromatic rings. The van der Waals surface area contributed by atoms with Crippen LogP contribution in [-0.2, 0) is 0 Å². The van der Waals surface area contributed by atoms with Gasteiger partial charge in [-0.05, 0) is 12.5 Å². The summed E-state index contributed by atoms with van der Waals surface area (Å²) in [5.74, 6) is -1.13. The molecule has 0 aliphatic rings.